The van der Waals surface area contributed by atoms with E-state index >= 15 is 0 Å². The molecule has 0 atom stereocenters. The molecule has 0 saturated carbocycles. The molecule has 108 valence electrons. The molecule has 0 bridgehead atoms. The van der Waals surface area contributed by atoms with Crippen LogP contribution in [0.25, 0.3) is 11.0 Å². The first-order valence-electron chi connectivity index (χ1n) is 7.19. The van der Waals surface area contributed by atoms with Gasteiger partial charge in [-0.1, -0.05) is 43.0 Å². The summed E-state index contributed by atoms with van der Waals surface area (Å²) in [6.07, 6.45) is 0. The third kappa shape index (κ3) is 3.28. The van der Waals surface area contributed by atoms with Crippen LogP contribution < -0.4 is 5.32 Å². The smallest absolute Gasteiger partial charge is 0.171 e. The number of aryl methyl sites for hydroxylation is 1. The van der Waals surface area contributed by atoms with Crippen molar-refractivity contribution in [3.05, 3.63) is 53.6 Å². The highest BCUT2D eigenvalue weighted by molar-refractivity contribution is 7.99. The Hall–Kier alpha value is -1.78. The number of imidazole rings is 1. The van der Waals surface area contributed by atoms with Crippen molar-refractivity contribution in [2.24, 2.45) is 0 Å². The second-order valence-electron chi connectivity index (χ2n) is 5.04. The van der Waals surface area contributed by atoms with Gasteiger partial charge in [-0.2, -0.15) is 0 Å². The first kappa shape index (κ1) is 14.2. The molecule has 0 aliphatic heterocycles. The van der Waals surface area contributed by atoms with Crippen molar-refractivity contribution in [1.29, 1.82) is 0 Å². The van der Waals surface area contributed by atoms with Gasteiger partial charge in [-0.3, -0.25) is 0 Å². The Morgan fingerprint density at radius 1 is 1.19 bits per heavy atom. The van der Waals surface area contributed by atoms with Crippen LogP contribution >= 0.6 is 11.8 Å². The molecule has 0 radical (unpaired) electrons. The number of fused-ring (bicyclic) bond motifs is 1. The zero-order chi connectivity index (χ0) is 14.7. The van der Waals surface area contributed by atoms with E-state index in [-0.39, 0.29) is 0 Å². The number of benzene rings is 2. The fraction of sp³-hybridized carbons (Fsp3) is 0.235. The summed E-state index contributed by atoms with van der Waals surface area (Å²) in [5.74, 6) is 0. The van der Waals surface area contributed by atoms with Gasteiger partial charge in [0.2, 0.25) is 0 Å². The van der Waals surface area contributed by atoms with Gasteiger partial charge >= 0.3 is 0 Å². The van der Waals surface area contributed by atoms with E-state index in [0.717, 1.165) is 29.3 Å². The van der Waals surface area contributed by atoms with Gasteiger partial charge in [0, 0.05) is 11.4 Å². The summed E-state index contributed by atoms with van der Waals surface area (Å²) in [5.41, 5.74) is 4.71. The van der Waals surface area contributed by atoms with Crippen molar-refractivity contribution in [1.82, 2.24) is 15.3 Å². The average Bonchev–Trinajstić information content (AvgIpc) is 2.90. The molecule has 0 amide bonds. The molecule has 2 N–H and O–H groups in total. The first-order chi connectivity index (χ1) is 10.3. The second-order valence-corrected chi connectivity index (χ2v) is 6.07. The Morgan fingerprint density at radius 2 is 2.05 bits per heavy atom. The lowest BCUT2D eigenvalue weighted by molar-refractivity contribution is 0.726. The van der Waals surface area contributed by atoms with E-state index < -0.39 is 0 Å². The minimum atomic E-state index is 0.924. The molecule has 1 aromatic heterocycles. The normalized spacial score (nSPS) is 11.1. The summed E-state index contributed by atoms with van der Waals surface area (Å²) >= 11 is 1.69. The first-order valence-corrected chi connectivity index (χ1v) is 8.01. The molecule has 2 aromatic carbocycles. The summed E-state index contributed by atoms with van der Waals surface area (Å²) in [6, 6.07) is 14.7. The molecular weight excluding hydrogens is 278 g/mol. The minimum Gasteiger partial charge on any atom is -0.333 e. The SMILES string of the molecule is CCNCc1ccc(Sc2nc3ccccc3[nH]2)c(C)c1. The monoisotopic (exact) mass is 297 g/mol. The Bertz CT molecular complexity index is 716. The lowest BCUT2D eigenvalue weighted by Crippen LogP contribution is -2.11. The van der Waals surface area contributed by atoms with Crippen LogP contribution in [0.5, 0.6) is 0 Å². The van der Waals surface area contributed by atoms with E-state index in [2.05, 4.69) is 53.4 Å². The zero-order valence-electron chi connectivity index (χ0n) is 12.3. The van der Waals surface area contributed by atoms with E-state index in [9.17, 15) is 0 Å². The van der Waals surface area contributed by atoms with Gasteiger partial charge in [0.25, 0.3) is 0 Å². The Labute approximate surface area is 129 Å². The van der Waals surface area contributed by atoms with Crippen molar-refractivity contribution in [2.45, 2.75) is 30.4 Å². The van der Waals surface area contributed by atoms with Gasteiger partial charge < -0.3 is 10.3 Å². The van der Waals surface area contributed by atoms with Gasteiger partial charge in [0.15, 0.2) is 5.16 Å². The van der Waals surface area contributed by atoms with Crippen LogP contribution in [0.4, 0.5) is 0 Å². The van der Waals surface area contributed by atoms with Crippen LogP contribution in [-0.2, 0) is 6.54 Å². The van der Waals surface area contributed by atoms with Crippen molar-refractivity contribution >= 4 is 22.8 Å². The van der Waals surface area contributed by atoms with Crippen LogP contribution in [-0.4, -0.2) is 16.5 Å². The maximum atomic E-state index is 4.62. The quantitative estimate of drug-likeness (QED) is 0.744. The molecule has 3 rings (SSSR count). The Morgan fingerprint density at radius 3 is 2.81 bits per heavy atom. The van der Waals surface area contributed by atoms with Gasteiger partial charge in [-0.15, -0.1) is 0 Å². The van der Waals surface area contributed by atoms with E-state index in [1.165, 1.54) is 16.0 Å². The summed E-state index contributed by atoms with van der Waals surface area (Å²) < 4.78 is 0. The van der Waals surface area contributed by atoms with Crippen LogP contribution in [0.1, 0.15) is 18.1 Å². The molecular formula is C17H19N3S. The van der Waals surface area contributed by atoms with Crippen LogP contribution in [0.2, 0.25) is 0 Å². The van der Waals surface area contributed by atoms with Gasteiger partial charge in [0.05, 0.1) is 11.0 Å². The summed E-state index contributed by atoms with van der Waals surface area (Å²) in [7, 11) is 0. The molecule has 0 saturated heterocycles. The summed E-state index contributed by atoms with van der Waals surface area (Å²) in [4.78, 5) is 9.22. The lowest BCUT2D eigenvalue weighted by Gasteiger charge is -2.07. The number of hydrogen-bond acceptors (Lipinski definition) is 3. The topological polar surface area (TPSA) is 40.7 Å². The molecule has 0 spiro atoms. The molecule has 3 aromatic rings. The van der Waals surface area contributed by atoms with Gasteiger partial charge in [-0.05, 0) is 42.8 Å². The number of aromatic amines is 1. The van der Waals surface area contributed by atoms with E-state index in [4.69, 9.17) is 0 Å². The molecule has 0 aliphatic carbocycles. The molecule has 4 heteroatoms. The zero-order valence-corrected chi connectivity index (χ0v) is 13.1. The Balaban J connectivity index is 1.80. The largest absolute Gasteiger partial charge is 0.333 e. The number of rotatable bonds is 5. The Kier molecular flexibility index (Phi) is 4.27. The summed E-state index contributed by atoms with van der Waals surface area (Å²) in [5, 5.41) is 4.30. The fourth-order valence-electron chi connectivity index (χ4n) is 2.29. The van der Waals surface area contributed by atoms with Crippen LogP contribution in [0, 0.1) is 6.92 Å². The minimum absolute atomic E-state index is 0.924. The van der Waals surface area contributed by atoms with Crippen molar-refractivity contribution in [2.75, 3.05) is 6.54 Å². The molecule has 1 heterocycles. The third-order valence-corrected chi connectivity index (χ3v) is 4.46. The number of aromatic nitrogens is 2. The third-order valence-electron chi connectivity index (χ3n) is 3.39. The molecule has 0 aliphatic rings. The predicted molar refractivity (Wildman–Crippen MR) is 88.8 cm³/mol. The molecule has 0 fully saturated rings. The summed E-state index contributed by atoms with van der Waals surface area (Å²) in [6.45, 7) is 6.19. The van der Waals surface area contributed by atoms with E-state index in [0.29, 0.717) is 0 Å². The number of hydrogen-bond donors (Lipinski definition) is 2. The van der Waals surface area contributed by atoms with Crippen molar-refractivity contribution in [3.63, 3.8) is 0 Å². The number of H-pyrrole nitrogens is 1. The highest BCUT2D eigenvalue weighted by atomic mass is 32.2. The maximum absolute atomic E-state index is 4.62. The molecule has 21 heavy (non-hydrogen) atoms. The second kappa shape index (κ2) is 6.33. The molecule has 3 nitrogen and oxygen atoms in total. The predicted octanol–water partition coefficient (Wildman–Crippen LogP) is 4.13. The standard InChI is InChI=1S/C17H19N3S/c1-3-18-11-13-8-9-16(12(2)10-13)21-17-19-14-6-4-5-7-15(14)20-17/h4-10,18H,3,11H2,1-2H3,(H,19,20). The van der Waals surface area contributed by atoms with Gasteiger partial charge in [0.1, 0.15) is 0 Å². The molecule has 0 unspecified atom stereocenters. The highest BCUT2D eigenvalue weighted by Crippen LogP contribution is 2.30. The lowest BCUT2D eigenvalue weighted by atomic mass is 10.1. The number of para-hydroxylation sites is 2. The van der Waals surface area contributed by atoms with Crippen LogP contribution in [0.3, 0.4) is 0 Å². The number of nitrogens with one attached hydrogen (secondary N) is 2. The van der Waals surface area contributed by atoms with E-state index in [1.54, 1.807) is 11.8 Å². The van der Waals surface area contributed by atoms with E-state index in [1.807, 2.05) is 18.2 Å². The maximum Gasteiger partial charge on any atom is 0.171 e. The van der Waals surface area contributed by atoms with Crippen molar-refractivity contribution in [3.8, 4) is 0 Å². The fourth-order valence-corrected chi connectivity index (χ4v) is 3.16. The average molecular weight is 297 g/mol. The highest BCUT2D eigenvalue weighted by Gasteiger charge is 2.07. The van der Waals surface area contributed by atoms with Crippen molar-refractivity contribution < 1.29 is 0 Å². The van der Waals surface area contributed by atoms with Crippen LogP contribution in [0.15, 0.2) is 52.5 Å². The number of nitrogens with zero attached hydrogens (tertiary/aromatic N) is 1. The van der Waals surface area contributed by atoms with Gasteiger partial charge in [-0.25, -0.2) is 4.98 Å².